The normalized spacial score (nSPS) is 16.6. The number of anilines is 1. The molecule has 1 aliphatic rings. The summed E-state index contributed by atoms with van der Waals surface area (Å²) in [6.45, 7) is 0.559. The molecule has 0 atom stereocenters. The number of rotatable bonds is 2. The van der Waals surface area contributed by atoms with Crippen molar-refractivity contribution >= 4 is 17.3 Å². The number of aryl methyl sites for hydroxylation is 1. The molecule has 0 radical (unpaired) electrons. The number of aliphatic hydroxyl groups is 1. The molecule has 3 heterocycles. The van der Waals surface area contributed by atoms with Gasteiger partial charge in [-0.2, -0.15) is 5.10 Å². The standard InChI is InChI=1S/C17H18ClFN4O/c1-22-11-13(9-21-22)2-3-14-10-20-16(18)8-15(14)23-6-4-17(19,12-24)5-7-23/h8-11,24H,4-7,12H2,1H3. The lowest BCUT2D eigenvalue weighted by Crippen LogP contribution is -2.44. The lowest BCUT2D eigenvalue weighted by atomic mass is 9.94. The van der Waals surface area contributed by atoms with Crippen LogP contribution in [0.1, 0.15) is 24.0 Å². The number of aromatic nitrogens is 3. The summed E-state index contributed by atoms with van der Waals surface area (Å²) < 4.78 is 15.9. The van der Waals surface area contributed by atoms with Gasteiger partial charge in [0.1, 0.15) is 10.8 Å². The van der Waals surface area contributed by atoms with Gasteiger partial charge in [-0.25, -0.2) is 9.37 Å². The molecule has 126 valence electrons. The molecule has 1 aliphatic heterocycles. The van der Waals surface area contributed by atoms with Gasteiger partial charge in [0, 0.05) is 51.4 Å². The molecule has 0 unspecified atom stereocenters. The minimum absolute atomic E-state index is 0.277. The van der Waals surface area contributed by atoms with Crippen molar-refractivity contribution in [1.29, 1.82) is 0 Å². The Labute approximate surface area is 145 Å². The van der Waals surface area contributed by atoms with E-state index in [4.69, 9.17) is 16.7 Å². The minimum atomic E-state index is -1.49. The third-order valence-electron chi connectivity index (χ3n) is 4.18. The van der Waals surface area contributed by atoms with Crippen LogP contribution in [-0.4, -0.2) is 45.2 Å². The van der Waals surface area contributed by atoms with Crippen molar-refractivity contribution in [2.24, 2.45) is 7.05 Å². The Hall–Kier alpha value is -2.10. The first kappa shape index (κ1) is 16.7. The average Bonchev–Trinajstić information content (AvgIpc) is 3.00. The molecule has 24 heavy (non-hydrogen) atoms. The molecule has 0 aliphatic carbocycles. The summed E-state index contributed by atoms with van der Waals surface area (Å²) >= 11 is 6.03. The van der Waals surface area contributed by atoms with E-state index in [1.165, 1.54) is 0 Å². The third kappa shape index (κ3) is 3.69. The molecular weight excluding hydrogens is 331 g/mol. The fraction of sp³-hybridized carbons (Fsp3) is 0.412. The van der Waals surface area contributed by atoms with Crippen LogP contribution in [0.3, 0.4) is 0 Å². The van der Waals surface area contributed by atoms with Crippen molar-refractivity contribution in [1.82, 2.24) is 14.8 Å². The molecule has 3 rings (SSSR count). The van der Waals surface area contributed by atoms with Gasteiger partial charge in [0.25, 0.3) is 0 Å². The second kappa shape index (κ2) is 6.80. The molecule has 5 nitrogen and oxygen atoms in total. The van der Waals surface area contributed by atoms with E-state index in [-0.39, 0.29) is 12.8 Å². The van der Waals surface area contributed by atoms with Crippen LogP contribution in [0.5, 0.6) is 0 Å². The van der Waals surface area contributed by atoms with E-state index in [2.05, 4.69) is 21.9 Å². The molecule has 0 saturated carbocycles. The van der Waals surface area contributed by atoms with Gasteiger partial charge in [0.05, 0.1) is 29.6 Å². The molecule has 1 fully saturated rings. The van der Waals surface area contributed by atoms with Crippen LogP contribution in [-0.2, 0) is 7.05 Å². The zero-order chi connectivity index (χ0) is 17.2. The zero-order valence-electron chi connectivity index (χ0n) is 13.3. The summed E-state index contributed by atoms with van der Waals surface area (Å²) in [6, 6.07) is 1.75. The molecule has 0 amide bonds. The quantitative estimate of drug-likeness (QED) is 0.667. The van der Waals surface area contributed by atoms with Crippen molar-refractivity contribution in [2.45, 2.75) is 18.5 Å². The maximum atomic E-state index is 14.2. The van der Waals surface area contributed by atoms with Crippen LogP contribution < -0.4 is 4.90 Å². The third-order valence-corrected chi connectivity index (χ3v) is 4.39. The first-order chi connectivity index (χ1) is 11.5. The van der Waals surface area contributed by atoms with Crippen molar-refractivity contribution < 1.29 is 9.50 Å². The van der Waals surface area contributed by atoms with Crippen molar-refractivity contribution in [3.8, 4) is 11.8 Å². The summed E-state index contributed by atoms with van der Waals surface area (Å²) in [6.07, 6.45) is 5.70. The molecule has 0 bridgehead atoms. The largest absolute Gasteiger partial charge is 0.393 e. The number of piperidine rings is 1. The Morgan fingerprint density at radius 2 is 2.08 bits per heavy atom. The summed E-state index contributed by atoms with van der Waals surface area (Å²) in [7, 11) is 1.83. The Morgan fingerprint density at radius 1 is 1.33 bits per heavy atom. The number of nitrogens with zero attached hydrogens (tertiary/aromatic N) is 4. The highest BCUT2D eigenvalue weighted by Gasteiger charge is 2.34. The summed E-state index contributed by atoms with van der Waals surface area (Å²) in [4.78, 5) is 6.13. The smallest absolute Gasteiger partial charge is 0.137 e. The van der Waals surface area contributed by atoms with Gasteiger partial charge < -0.3 is 10.0 Å². The van der Waals surface area contributed by atoms with Crippen molar-refractivity contribution in [2.75, 3.05) is 24.6 Å². The Morgan fingerprint density at radius 3 is 2.71 bits per heavy atom. The molecule has 1 saturated heterocycles. The van der Waals surface area contributed by atoms with E-state index < -0.39 is 12.3 Å². The van der Waals surface area contributed by atoms with E-state index in [0.717, 1.165) is 16.8 Å². The van der Waals surface area contributed by atoms with Gasteiger partial charge >= 0.3 is 0 Å². The average molecular weight is 349 g/mol. The molecule has 7 heteroatoms. The number of hydrogen-bond acceptors (Lipinski definition) is 4. The van der Waals surface area contributed by atoms with Gasteiger partial charge in [-0.05, 0) is 0 Å². The lowest BCUT2D eigenvalue weighted by molar-refractivity contribution is 0.0481. The molecule has 0 aromatic carbocycles. The topological polar surface area (TPSA) is 54.2 Å². The van der Waals surface area contributed by atoms with Gasteiger partial charge in [-0.1, -0.05) is 23.4 Å². The highest BCUT2D eigenvalue weighted by atomic mass is 35.5. The Kier molecular flexibility index (Phi) is 4.74. The summed E-state index contributed by atoms with van der Waals surface area (Å²) in [5.74, 6) is 6.14. The van der Waals surface area contributed by atoms with Gasteiger partial charge in [0.15, 0.2) is 0 Å². The van der Waals surface area contributed by atoms with E-state index in [1.54, 1.807) is 23.1 Å². The van der Waals surface area contributed by atoms with Crippen LogP contribution in [0.2, 0.25) is 5.15 Å². The molecule has 2 aromatic heterocycles. The molecular formula is C17H18ClFN4O. The fourth-order valence-electron chi connectivity index (χ4n) is 2.71. The van der Waals surface area contributed by atoms with Crippen molar-refractivity contribution in [3.05, 3.63) is 40.9 Å². The summed E-state index contributed by atoms with van der Waals surface area (Å²) in [5, 5.41) is 13.6. The van der Waals surface area contributed by atoms with Crippen LogP contribution in [0, 0.1) is 11.8 Å². The number of alkyl halides is 1. The minimum Gasteiger partial charge on any atom is -0.393 e. The van der Waals surface area contributed by atoms with E-state index in [0.29, 0.717) is 18.2 Å². The summed E-state index contributed by atoms with van der Waals surface area (Å²) in [5.41, 5.74) is 0.889. The molecule has 0 spiro atoms. The highest BCUT2D eigenvalue weighted by Crippen LogP contribution is 2.31. The van der Waals surface area contributed by atoms with Gasteiger partial charge in [-0.15, -0.1) is 0 Å². The maximum Gasteiger partial charge on any atom is 0.137 e. The second-order valence-corrected chi connectivity index (χ2v) is 6.36. The van der Waals surface area contributed by atoms with Crippen LogP contribution in [0.15, 0.2) is 24.7 Å². The fourth-order valence-corrected chi connectivity index (χ4v) is 2.86. The highest BCUT2D eigenvalue weighted by molar-refractivity contribution is 6.29. The predicted octanol–water partition coefficient (Wildman–Crippen LogP) is 2.17. The zero-order valence-corrected chi connectivity index (χ0v) is 14.1. The van der Waals surface area contributed by atoms with Gasteiger partial charge in [0.2, 0.25) is 0 Å². The number of hydrogen-bond donors (Lipinski definition) is 1. The number of halogens is 2. The van der Waals surface area contributed by atoms with Crippen LogP contribution >= 0.6 is 11.6 Å². The van der Waals surface area contributed by atoms with Gasteiger partial charge in [-0.3, -0.25) is 4.68 Å². The first-order valence-corrected chi connectivity index (χ1v) is 8.08. The Bertz CT molecular complexity index is 787. The Balaban J connectivity index is 1.86. The van der Waals surface area contributed by atoms with Crippen LogP contribution in [0.4, 0.5) is 10.1 Å². The maximum absolute atomic E-state index is 14.2. The monoisotopic (exact) mass is 348 g/mol. The first-order valence-electron chi connectivity index (χ1n) is 7.70. The van der Waals surface area contributed by atoms with Crippen molar-refractivity contribution in [3.63, 3.8) is 0 Å². The van der Waals surface area contributed by atoms with E-state index in [9.17, 15) is 4.39 Å². The second-order valence-electron chi connectivity index (χ2n) is 5.97. The SMILES string of the molecule is Cn1cc(C#Cc2cnc(Cl)cc2N2CCC(F)(CO)CC2)cn1. The predicted molar refractivity (Wildman–Crippen MR) is 90.8 cm³/mol. The number of aliphatic hydroxyl groups excluding tert-OH is 1. The molecule has 2 aromatic rings. The van der Waals surface area contributed by atoms with E-state index in [1.807, 2.05) is 18.1 Å². The molecule has 1 N–H and O–H groups in total. The van der Waals surface area contributed by atoms with Crippen LogP contribution in [0.25, 0.3) is 0 Å². The van der Waals surface area contributed by atoms with E-state index >= 15 is 0 Å². The lowest BCUT2D eigenvalue weighted by Gasteiger charge is -2.37. The number of pyridine rings is 1.